The van der Waals surface area contributed by atoms with E-state index in [0.29, 0.717) is 0 Å². The van der Waals surface area contributed by atoms with Crippen LogP contribution in [-0.4, -0.2) is 42.9 Å². The van der Waals surface area contributed by atoms with Crippen molar-refractivity contribution in [3.05, 3.63) is 0 Å². The third-order valence-corrected chi connectivity index (χ3v) is 2.34. The summed E-state index contributed by atoms with van der Waals surface area (Å²) in [5, 5.41) is 0. The summed E-state index contributed by atoms with van der Waals surface area (Å²) in [6.45, 7) is 7.02. The molecule has 1 rings (SSSR count). The highest BCUT2D eigenvalue weighted by molar-refractivity contribution is 4.63. The van der Waals surface area contributed by atoms with E-state index in [0.717, 1.165) is 6.04 Å². The van der Waals surface area contributed by atoms with Crippen LogP contribution in [0.4, 0.5) is 0 Å². The van der Waals surface area contributed by atoms with Crippen LogP contribution in [0.5, 0.6) is 0 Å². The summed E-state index contributed by atoms with van der Waals surface area (Å²) < 4.78 is 1.17. The molecule has 0 spiro atoms. The van der Waals surface area contributed by atoms with Gasteiger partial charge >= 0.3 is 0 Å². The molecule has 1 aliphatic rings. The van der Waals surface area contributed by atoms with Crippen molar-refractivity contribution in [1.82, 2.24) is 4.90 Å². The van der Waals surface area contributed by atoms with Crippen molar-refractivity contribution in [3.8, 4) is 0 Å². The van der Waals surface area contributed by atoms with Crippen LogP contribution in [0.1, 0.15) is 20.3 Å². The van der Waals surface area contributed by atoms with E-state index in [-0.39, 0.29) is 0 Å². The van der Waals surface area contributed by atoms with Crippen molar-refractivity contribution in [2.45, 2.75) is 26.3 Å². The van der Waals surface area contributed by atoms with Crippen LogP contribution < -0.4 is 0 Å². The molecule has 0 bridgehead atoms. The van der Waals surface area contributed by atoms with Gasteiger partial charge in [0.05, 0.1) is 14.1 Å². The van der Waals surface area contributed by atoms with Crippen LogP contribution in [-0.2, 0) is 0 Å². The number of hydrogen-bond donors (Lipinski definition) is 0. The normalized spacial score (nSPS) is 27.6. The molecule has 1 heterocycles. The van der Waals surface area contributed by atoms with Gasteiger partial charge in [0, 0.05) is 6.04 Å². The molecule has 1 aliphatic heterocycles. The third kappa shape index (κ3) is 1.50. The molecule has 1 atom stereocenters. The summed E-state index contributed by atoms with van der Waals surface area (Å²) in [5.74, 6) is 0. The fraction of sp³-hybridized carbons (Fsp3) is 1.00. The van der Waals surface area contributed by atoms with Crippen LogP contribution in [0, 0.1) is 0 Å². The minimum Gasteiger partial charge on any atom is -0.303 e. The highest BCUT2D eigenvalue weighted by Gasteiger charge is 2.35. The van der Waals surface area contributed by atoms with Crippen LogP contribution in [0.3, 0.4) is 0 Å². The Bertz CT molecular complexity index is 112. The van der Waals surface area contributed by atoms with E-state index >= 15 is 0 Å². The third-order valence-electron chi connectivity index (χ3n) is 2.34. The van der Waals surface area contributed by atoms with Gasteiger partial charge in [-0.25, -0.2) is 4.90 Å². The largest absolute Gasteiger partial charge is 0.303 e. The standard InChI is InChI=1S/C8H19N2/c1-5-8(2)9-6-10(3,4)7-9/h8H,5-7H2,1-4H3/q+1. The molecule has 2 heteroatoms. The average Bonchev–Trinajstić information content (AvgIpc) is 1.81. The van der Waals surface area contributed by atoms with Crippen molar-refractivity contribution in [2.75, 3.05) is 27.4 Å². The quantitative estimate of drug-likeness (QED) is 0.523. The van der Waals surface area contributed by atoms with E-state index in [1.807, 2.05) is 0 Å². The molecule has 60 valence electrons. The Morgan fingerprint density at radius 3 is 2.20 bits per heavy atom. The van der Waals surface area contributed by atoms with E-state index in [1.54, 1.807) is 0 Å². The van der Waals surface area contributed by atoms with Gasteiger partial charge in [-0.3, -0.25) is 0 Å². The first-order valence-electron chi connectivity index (χ1n) is 4.11. The van der Waals surface area contributed by atoms with Gasteiger partial charge in [-0.15, -0.1) is 0 Å². The van der Waals surface area contributed by atoms with E-state index in [9.17, 15) is 0 Å². The maximum Gasteiger partial charge on any atom is 0.140 e. The number of hydrogen-bond acceptors (Lipinski definition) is 1. The molecule has 0 N–H and O–H groups in total. The lowest BCUT2D eigenvalue weighted by Gasteiger charge is -2.49. The smallest absolute Gasteiger partial charge is 0.140 e. The first-order valence-corrected chi connectivity index (χ1v) is 4.11. The first kappa shape index (κ1) is 8.02. The lowest BCUT2D eigenvalue weighted by atomic mass is 10.2. The summed E-state index contributed by atoms with van der Waals surface area (Å²) in [6.07, 6.45) is 1.28. The Labute approximate surface area is 64.0 Å². The molecular formula is C8H19N2+. The van der Waals surface area contributed by atoms with E-state index in [1.165, 1.54) is 24.2 Å². The lowest BCUT2D eigenvalue weighted by Crippen LogP contribution is -2.66. The van der Waals surface area contributed by atoms with Gasteiger partial charge in [-0.1, -0.05) is 6.92 Å². The molecule has 0 aromatic rings. The van der Waals surface area contributed by atoms with Crippen molar-refractivity contribution < 1.29 is 4.48 Å². The topological polar surface area (TPSA) is 3.24 Å². The molecule has 0 aliphatic carbocycles. The highest BCUT2D eigenvalue weighted by atomic mass is 15.6. The average molecular weight is 143 g/mol. The predicted molar refractivity (Wildman–Crippen MR) is 43.4 cm³/mol. The maximum absolute atomic E-state index is 2.53. The van der Waals surface area contributed by atoms with E-state index < -0.39 is 0 Å². The van der Waals surface area contributed by atoms with Gasteiger partial charge in [0.1, 0.15) is 13.3 Å². The van der Waals surface area contributed by atoms with Crippen molar-refractivity contribution in [2.24, 2.45) is 0 Å². The fourth-order valence-electron chi connectivity index (χ4n) is 1.48. The zero-order valence-corrected chi connectivity index (χ0v) is 7.59. The second kappa shape index (κ2) is 2.51. The lowest BCUT2D eigenvalue weighted by molar-refractivity contribution is -0.964. The Hall–Kier alpha value is -0.0800. The maximum atomic E-state index is 2.53. The van der Waals surface area contributed by atoms with Gasteiger partial charge in [-0.2, -0.15) is 0 Å². The molecule has 1 saturated heterocycles. The van der Waals surface area contributed by atoms with Gasteiger partial charge in [0.2, 0.25) is 0 Å². The van der Waals surface area contributed by atoms with Crippen molar-refractivity contribution >= 4 is 0 Å². The monoisotopic (exact) mass is 143 g/mol. The SMILES string of the molecule is CCC(C)N1C[N+](C)(C)C1. The number of rotatable bonds is 2. The van der Waals surface area contributed by atoms with E-state index in [2.05, 4.69) is 32.8 Å². The minimum absolute atomic E-state index is 0.783. The van der Waals surface area contributed by atoms with Crippen LogP contribution in [0.25, 0.3) is 0 Å². The molecule has 0 saturated carbocycles. The second-order valence-electron chi connectivity index (χ2n) is 4.06. The molecule has 0 radical (unpaired) electrons. The second-order valence-corrected chi connectivity index (χ2v) is 4.06. The van der Waals surface area contributed by atoms with Crippen LogP contribution in [0.2, 0.25) is 0 Å². The van der Waals surface area contributed by atoms with E-state index in [4.69, 9.17) is 0 Å². The summed E-state index contributed by atoms with van der Waals surface area (Å²) in [5.41, 5.74) is 0. The molecule has 1 fully saturated rings. The molecule has 0 aromatic heterocycles. The Kier molecular flexibility index (Phi) is 2.02. The molecule has 0 aromatic carbocycles. The Morgan fingerprint density at radius 1 is 1.40 bits per heavy atom. The zero-order chi connectivity index (χ0) is 7.78. The Morgan fingerprint density at radius 2 is 1.90 bits per heavy atom. The fourth-order valence-corrected chi connectivity index (χ4v) is 1.48. The Balaban J connectivity index is 2.26. The van der Waals surface area contributed by atoms with Crippen molar-refractivity contribution in [3.63, 3.8) is 0 Å². The molecular weight excluding hydrogens is 124 g/mol. The molecule has 0 amide bonds. The van der Waals surface area contributed by atoms with Crippen LogP contribution >= 0.6 is 0 Å². The molecule has 10 heavy (non-hydrogen) atoms. The summed E-state index contributed by atoms with van der Waals surface area (Å²) >= 11 is 0. The van der Waals surface area contributed by atoms with Crippen LogP contribution in [0.15, 0.2) is 0 Å². The molecule has 2 nitrogen and oxygen atoms in total. The first-order chi connectivity index (χ1) is 4.55. The number of quaternary nitrogens is 1. The molecule has 1 unspecified atom stereocenters. The van der Waals surface area contributed by atoms with Gasteiger partial charge in [0.25, 0.3) is 0 Å². The van der Waals surface area contributed by atoms with Gasteiger partial charge in [-0.05, 0) is 13.3 Å². The number of nitrogens with zero attached hydrogens (tertiary/aromatic N) is 2. The zero-order valence-electron chi connectivity index (χ0n) is 7.59. The summed E-state index contributed by atoms with van der Waals surface area (Å²) in [4.78, 5) is 2.53. The summed E-state index contributed by atoms with van der Waals surface area (Å²) in [6, 6.07) is 0.783. The van der Waals surface area contributed by atoms with Gasteiger partial charge in [0.15, 0.2) is 0 Å². The van der Waals surface area contributed by atoms with Crippen molar-refractivity contribution in [1.29, 1.82) is 0 Å². The minimum atomic E-state index is 0.783. The summed E-state index contributed by atoms with van der Waals surface area (Å²) in [7, 11) is 4.55. The van der Waals surface area contributed by atoms with Gasteiger partial charge < -0.3 is 4.48 Å². The highest BCUT2D eigenvalue weighted by Crippen LogP contribution is 2.18. The predicted octanol–water partition coefficient (Wildman–Crippen LogP) is 1.09.